The number of hydrogen-bond donors (Lipinski definition) is 1. The maximum absolute atomic E-state index is 12.1. The number of carbonyl (C=O) groups is 3. The first-order valence-electron chi connectivity index (χ1n) is 8.93. The molecule has 0 spiro atoms. The summed E-state index contributed by atoms with van der Waals surface area (Å²) in [6, 6.07) is 7.59. The Bertz CT molecular complexity index is 643. The monoisotopic (exact) mass is 342 g/mol. The average molecular weight is 342 g/mol. The van der Waals surface area contributed by atoms with Crippen LogP contribution in [0.5, 0.6) is 0 Å². The summed E-state index contributed by atoms with van der Waals surface area (Å²) in [7, 11) is 0. The molecule has 1 atom stereocenters. The van der Waals surface area contributed by atoms with Gasteiger partial charge in [0.2, 0.25) is 5.91 Å². The Labute approximate surface area is 147 Å². The van der Waals surface area contributed by atoms with Gasteiger partial charge in [0.25, 0.3) is 0 Å². The molecule has 1 aromatic carbocycles. The van der Waals surface area contributed by atoms with Crippen LogP contribution in [0, 0.1) is 12.3 Å². The van der Waals surface area contributed by atoms with E-state index < -0.39 is 11.5 Å². The first kappa shape index (κ1) is 17.6. The second-order valence-electron chi connectivity index (χ2n) is 7.20. The van der Waals surface area contributed by atoms with Crippen molar-refractivity contribution in [2.24, 2.45) is 11.7 Å². The minimum absolute atomic E-state index is 0.00504. The number of cyclic esters (lactones) is 1. The Hall–Kier alpha value is -2.17. The molecule has 5 heteroatoms. The SMILES string of the molecule is NC(=O)[CH]c1ccc(CCC2(C3CCCC3)CC(=O)CC(=O)O2)cc1. The van der Waals surface area contributed by atoms with Gasteiger partial charge >= 0.3 is 5.97 Å². The lowest BCUT2D eigenvalue weighted by Gasteiger charge is -2.41. The van der Waals surface area contributed by atoms with Crippen LogP contribution in [0.15, 0.2) is 24.3 Å². The van der Waals surface area contributed by atoms with Crippen molar-refractivity contribution in [3.05, 3.63) is 41.8 Å². The number of amides is 1. The zero-order valence-electron chi connectivity index (χ0n) is 14.3. The number of hydrogen-bond acceptors (Lipinski definition) is 4. The van der Waals surface area contributed by atoms with Crippen LogP contribution in [0.2, 0.25) is 0 Å². The van der Waals surface area contributed by atoms with Crippen LogP contribution in [0.25, 0.3) is 0 Å². The second kappa shape index (κ2) is 7.38. The summed E-state index contributed by atoms with van der Waals surface area (Å²) < 4.78 is 5.80. The maximum atomic E-state index is 12.1. The number of esters is 1. The number of carbonyl (C=O) groups excluding carboxylic acids is 3. The summed E-state index contributed by atoms with van der Waals surface area (Å²) in [5, 5.41) is 0. The smallest absolute Gasteiger partial charge is 0.313 e. The van der Waals surface area contributed by atoms with Crippen LogP contribution in [0.3, 0.4) is 0 Å². The fourth-order valence-corrected chi connectivity index (χ4v) is 4.18. The summed E-state index contributed by atoms with van der Waals surface area (Å²) in [6.45, 7) is 0. The van der Waals surface area contributed by atoms with Crippen molar-refractivity contribution in [3.63, 3.8) is 0 Å². The molecule has 1 heterocycles. The minimum atomic E-state index is -0.638. The summed E-state index contributed by atoms with van der Waals surface area (Å²) in [6.07, 6.45) is 7.34. The highest BCUT2D eigenvalue weighted by atomic mass is 16.6. The molecule has 1 amide bonds. The molecule has 1 aromatic rings. The minimum Gasteiger partial charge on any atom is -0.458 e. The molecule has 1 saturated heterocycles. The van der Waals surface area contributed by atoms with Crippen LogP contribution in [0.1, 0.15) is 56.1 Å². The molecule has 1 aliphatic heterocycles. The van der Waals surface area contributed by atoms with Crippen molar-refractivity contribution in [2.75, 3.05) is 0 Å². The van der Waals surface area contributed by atoms with Crippen LogP contribution in [-0.2, 0) is 25.5 Å². The molecule has 1 saturated carbocycles. The quantitative estimate of drug-likeness (QED) is 0.635. The van der Waals surface area contributed by atoms with E-state index in [2.05, 4.69) is 0 Å². The molecule has 133 valence electrons. The largest absolute Gasteiger partial charge is 0.458 e. The number of benzene rings is 1. The van der Waals surface area contributed by atoms with Crippen molar-refractivity contribution in [2.45, 2.75) is 57.0 Å². The number of rotatable bonds is 6. The molecule has 5 nitrogen and oxygen atoms in total. The third kappa shape index (κ3) is 4.27. The summed E-state index contributed by atoms with van der Waals surface area (Å²) in [5.74, 6) is -0.576. The predicted octanol–water partition coefficient (Wildman–Crippen LogP) is 2.49. The Morgan fingerprint density at radius 2 is 1.88 bits per heavy atom. The van der Waals surface area contributed by atoms with Gasteiger partial charge in [0, 0.05) is 6.42 Å². The molecule has 0 bridgehead atoms. The van der Waals surface area contributed by atoms with E-state index in [-0.39, 0.29) is 24.1 Å². The molecular weight excluding hydrogens is 318 g/mol. The van der Waals surface area contributed by atoms with Crippen LogP contribution < -0.4 is 5.73 Å². The number of ether oxygens (including phenoxy) is 1. The van der Waals surface area contributed by atoms with Crippen molar-refractivity contribution in [1.82, 2.24) is 0 Å². The van der Waals surface area contributed by atoms with Crippen LogP contribution in [-0.4, -0.2) is 23.3 Å². The first-order chi connectivity index (χ1) is 12.0. The van der Waals surface area contributed by atoms with E-state index in [9.17, 15) is 14.4 Å². The number of aryl methyl sites for hydroxylation is 1. The number of ketones is 1. The van der Waals surface area contributed by atoms with Crippen LogP contribution in [0.4, 0.5) is 0 Å². The molecular formula is C20H24NO4. The van der Waals surface area contributed by atoms with Crippen molar-refractivity contribution in [1.29, 1.82) is 0 Å². The maximum Gasteiger partial charge on any atom is 0.313 e. The van der Waals surface area contributed by atoms with E-state index in [1.807, 2.05) is 24.3 Å². The fourth-order valence-electron chi connectivity index (χ4n) is 4.18. The van der Waals surface area contributed by atoms with Gasteiger partial charge in [-0.15, -0.1) is 0 Å². The molecule has 2 N–H and O–H groups in total. The van der Waals surface area contributed by atoms with E-state index in [4.69, 9.17) is 10.5 Å². The molecule has 1 aliphatic carbocycles. The molecule has 2 aliphatic rings. The van der Waals surface area contributed by atoms with E-state index in [1.54, 1.807) is 0 Å². The molecule has 1 radical (unpaired) electrons. The highest BCUT2D eigenvalue weighted by Gasteiger charge is 2.47. The Balaban J connectivity index is 1.71. The highest BCUT2D eigenvalue weighted by Crippen LogP contribution is 2.43. The van der Waals surface area contributed by atoms with E-state index >= 15 is 0 Å². The van der Waals surface area contributed by atoms with Crippen molar-refractivity contribution in [3.8, 4) is 0 Å². The zero-order chi connectivity index (χ0) is 17.9. The molecule has 25 heavy (non-hydrogen) atoms. The van der Waals surface area contributed by atoms with Gasteiger partial charge in [-0.2, -0.15) is 0 Å². The topological polar surface area (TPSA) is 86.5 Å². The van der Waals surface area contributed by atoms with Gasteiger partial charge in [-0.1, -0.05) is 37.1 Å². The standard InChI is InChI=1S/C20H24NO4/c21-18(23)11-15-7-5-14(6-8-15)9-10-20(16-3-1-2-4-16)13-17(22)12-19(24)25-20/h5-8,11,16H,1-4,9-10,12-13H2,(H2,21,23). The van der Waals surface area contributed by atoms with Gasteiger partial charge in [0.1, 0.15) is 17.8 Å². The zero-order valence-corrected chi connectivity index (χ0v) is 14.3. The average Bonchev–Trinajstić information content (AvgIpc) is 3.08. The number of Topliss-reactive ketones (excluding diaryl/α,β-unsaturated/α-hetero) is 1. The molecule has 0 aromatic heterocycles. The van der Waals surface area contributed by atoms with E-state index in [0.29, 0.717) is 12.8 Å². The summed E-state index contributed by atoms with van der Waals surface area (Å²) >= 11 is 0. The predicted molar refractivity (Wildman–Crippen MR) is 92.4 cm³/mol. The van der Waals surface area contributed by atoms with Crippen LogP contribution >= 0.6 is 0 Å². The van der Waals surface area contributed by atoms with Gasteiger partial charge in [0.05, 0.1) is 6.42 Å². The lowest BCUT2D eigenvalue weighted by Crippen LogP contribution is -2.48. The Morgan fingerprint density at radius 3 is 2.48 bits per heavy atom. The fraction of sp³-hybridized carbons (Fsp3) is 0.500. The molecule has 1 unspecified atom stereocenters. The molecule has 2 fully saturated rings. The van der Waals surface area contributed by atoms with Gasteiger partial charge < -0.3 is 10.5 Å². The third-order valence-corrected chi connectivity index (χ3v) is 5.38. The lowest BCUT2D eigenvalue weighted by molar-refractivity contribution is -0.178. The van der Waals surface area contributed by atoms with Crippen molar-refractivity contribution >= 4 is 17.7 Å². The highest BCUT2D eigenvalue weighted by molar-refractivity contribution is 5.98. The Morgan fingerprint density at radius 1 is 1.20 bits per heavy atom. The van der Waals surface area contributed by atoms with Gasteiger partial charge in [-0.25, -0.2) is 0 Å². The Kier molecular flexibility index (Phi) is 5.21. The normalized spacial score (nSPS) is 24.3. The second-order valence-corrected chi connectivity index (χ2v) is 7.20. The van der Waals surface area contributed by atoms with E-state index in [1.165, 1.54) is 6.42 Å². The first-order valence-corrected chi connectivity index (χ1v) is 8.93. The van der Waals surface area contributed by atoms with Gasteiger partial charge in [0.15, 0.2) is 0 Å². The summed E-state index contributed by atoms with van der Waals surface area (Å²) in [4.78, 5) is 34.9. The number of primary amides is 1. The molecule has 3 rings (SSSR count). The summed E-state index contributed by atoms with van der Waals surface area (Å²) in [5.41, 5.74) is 6.37. The lowest BCUT2D eigenvalue weighted by atomic mass is 9.76. The number of nitrogens with two attached hydrogens (primary N) is 1. The van der Waals surface area contributed by atoms with Gasteiger partial charge in [-0.05, 0) is 42.7 Å². The van der Waals surface area contributed by atoms with E-state index in [0.717, 1.165) is 43.2 Å². The third-order valence-electron chi connectivity index (χ3n) is 5.38. The van der Waals surface area contributed by atoms with Gasteiger partial charge in [-0.3, -0.25) is 14.4 Å². The van der Waals surface area contributed by atoms with Crippen molar-refractivity contribution < 1.29 is 19.1 Å².